The molecule has 0 spiro atoms. The average molecular weight is 451 g/mol. The molecule has 124 valence electrons. The van der Waals surface area contributed by atoms with Gasteiger partial charge in [-0.15, -0.1) is 0 Å². The molecule has 2 aromatic rings. The van der Waals surface area contributed by atoms with Crippen LogP contribution in [0.25, 0.3) is 6.08 Å². The number of rotatable bonds is 6. The van der Waals surface area contributed by atoms with E-state index in [1.54, 1.807) is 0 Å². The molecule has 0 aromatic heterocycles. The van der Waals surface area contributed by atoms with Crippen molar-refractivity contribution in [3.05, 3.63) is 69.1 Å². The van der Waals surface area contributed by atoms with Crippen LogP contribution in [0.1, 0.15) is 12.5 Å². The zero-order valence-corrected chi connectivity index (χ0v) is 16.3. The van der Waals surface area contributed by atoms with Crippen molar-refractivity contribution in [2.45, 2.75) is 6.92 Å². The number of carbonyl (C=O) groups is 1. The third-order valence-corrected chi connectivity index (χ3v) is 4.19. The van der Waals surface area contributed by atoms with Crippen LogP contribution in [0.3, 0.4) is 0 Å². The Morgan fingerprint density at radius 2 is 1.92 bits per heavy atom. The highest BCUT2D eigenvalue weighted by Crippen LogP contribution is 2.25. The van der Waals surface area contributed by atoms with Crippen LogP contribution in [0, 0.1) is 0 Å². The maximum absolute atomic E-state index is 11.8. The lowest BCUT2D eigenvalue weighted by atomic mass is 10.2. The van der Waals surface area contributed by atoms with Gasteiger partial charge in [0, 0.05) is 14.6 Å². The van der Waals surface area contributed by atoms with Gasteiger partial charge in [0.15, 0.2) is 0 Å². The highest BCUT2D eigenvalue weighted by atomic mass is 79.9. The summed E-state index contributed by atoms with van der Waals surface area (Å²) in [6, 6.07) is 15.6. The van der Waals surface area contributed by atoms with Crippen LogP contribution in [0.5, 0.6) is 0 Å². The summed E-state index contributed by atoms with van der Waals surface area (Å²) in [5.74, 6) is -0.211. The maximum atomic E-state index is 11.8. The molecule has 6 heteroatoms. The first-order chi connectivity index (χ1) is 11.5. The summed E-state index contributed by atoms with van der Waals surface area (Å²) in [6.45, 7) is 1.97. The van der Waals surface area contributed by atoms with Gasteiger partial charge >= 0.3 is 0 Å². The van der Waals surface area contributed by atoms with Gasteiger partial charge in [0.05, 0.1) is 12.3 Å². The third-order valence-electron chi connectivity index (χ3n) is 3.04. The van der Waals surface area contributed by atoms with E-state index in [4.69, 9.17) is 0 Å². The van der Waals surface area contributed by atoms with Gasteiger partial charge in [0.1, 0.15) is 0 Å². The topological polar surface area (TPSA) is 53.5 Å². The molecule has 0 unspecified atom stereocenters. The number of allylic oxidation sites excluding steroid dienone is 1. The minimum atomic E-state index is -0.211. The summed E-state index contributed by atoms with van der Waals surface area (Å²) >= 11 is 6.83. The number of anilines is 1. The van der Waals surface area contributed by atoms with Crippen LogP contribution < -0.4 is 10.7 Å². The molecule has 24 heavy (non-hydrogen) atoms. The first-order valence-electron chi connectivity index (χ1n) is 7.30. The molecule has 2 rings (SSSR count). The van der Waals surface area contributed by atoms with E-state index in [2.05, 4.69) is 47.7 Å². The fraction of sp³-hybridized carbons (Fsp3) is 0.111. The Labute approximate surface area is 158 Å². The number of nitrogens with zero attached hydrogens (tertiary/aromatic N) is 1. The minimum Gasteiger partial charge on any atom is -0.375 e. The fourth-order valence-corrected chi connectivity index (χ4v) is 3.00. The second-order valence-electron chi connectivity index (χ2n) is 5.01. The zero-order valence-electron chi connectivity index (χ0n) is 13.1. The molecule has 0 fully saturated rings. The molecule has 0 aliphatic carbocycles. The molecule has 0 radical (unpaired) electrons. The summed E-state index contributed by atoms with van der Waals surface area (Å²) < 4.78 is 1.85. The molecule has 0 aliphatic heterocycles. The van der Waals surface area contributed by atoms with Crippen molar-refractivity contribution in [1.82, 2.24) is 5.43 Å². The van der Waals surface area contributed by atoms with Crippen LogP contribution in [-0.4, -0.2) is 18.2 Å². The maximum Gasteiger partial charge on any atom is 0.259 e. The molecule has 0 aliphatic rings. The first kappa shape index (κ1) is 18.4. The normalized spacial score (nSPS) is 11.5. The van der Waals surface area contributed by atoms with E-state index >= 15 is 0 Å². The number of hydrogen-bond acceptors (Lipinski definition) is 3. The summed E-state index contributed by atoms with van der Waals surface area (Å²) in [5.41, 5.74) is 5.18. The molecule has 0 saturated heterocycles. The smallest absolute Gasteiger partial charge is 0.259 e. The molecule has 0 atom stereocenters. The summed E-state index contributed by atoms with van der Waals surface area (Å²) in [7, 11) is 0. The summed E-state index contributed by atoms with van der Waals surface area (Å²) in [5, 5.41) is 7.11. The highest BCUT2D eigenvalue weighted by molar-refractivity contribution is 9.11. The Kier molecular flexibility index (Phi) is 7.21. The minimum absolute atomic E-state index is 0.138. The molecule has 2 aromatic carbocycles. The fourth-order valence-electron chi connectivity index (χ4n) is 1.82. The lowest BCUT2D eigenvalue weighted by Crippen LogP contribution is -2.26. The number of hydrogen-bond donors (Lipinski definition) is 2. The third kappa shape index (κ3) is 6.29. The summed E-state index contributed by atoms with van der Waals surface area (Å²) in [4.78, 5) is 11.8. The van der Waals surface area contributed by atoms with Gasteiger partial charge in [-0.1, -0.05) is 52.3 Å². The van der Waals surface area contributed by atoms with Gasteiger partial charge in [0.25, 0.3) is 5.91 Å². The van der Waals surface area contributed by atoms with Gasteiger partial charge < -0.3 is 5.32 Å². The van der Waals surface area contributed by atoms with Gasteiger partial charge in [-0.2, -0.15) is 5.10 Å². The van der Waals surface area contributed by atoms with Crippen LogP contribution >= 0.6 is 31.9 Å². The van der Waals surface area contributed by atoms with Crippen molar-refractivity contribution >= 4 is 55.2 Å². The number of nitrogens with one attached hydrogen (secondary N) is 2. The number of halogens is 2. The van der Waals surface area contributed by atoms with Gasteiger partial charge in [-0.3, -0.25) is 4.79 Å². The largest absolute Gasteiger partial charge is 0.375 e. The Morgan fingerprint density at radius 1 is 1.17 bits per heavy atom. The predicted octanol–water partition coefficient (Wildman–Crippen LogP) is 4.83. The molecule has 0 bridgehead atoms. The van der Waals surface area contributed by atoms with E-state index in [1.165, 1.54) is 0 Å². The van der Waals surface area contributed by atoms with Crippen LogP contribution in [0.15, 0.2) is 68.7 Å². The van der Waals surface area contributed by atoms with Gasteiger partial charge in [0.2, 0.25) is 0 Å². The number of benzene rings is 2. The van der Waals surface area contributed by atoms with E-state index in [9.17, 15) is 4.79 Å². The predicted molar refractivity (Wildman–Crippen MR) is 107 cm³/mol. The monoisotopic (exact) mass is 449 g/mol. The number of carbonyl (C=O) groups excluding carboxylic acids is 1. The van der Waals surface area contributed by atoms with Gasteiger partial charge in [-0.05, 0) is 52.7 Å². The lowest BCUT2D eigenvalue weighted by molar-refractivity contribution is -0.119. The Morgan fingerprint density at radius 3 is 2.62 bits per heavy atom. The molecule has 4 nitrogen and oxygen atoms in total. The SMILES string of the molecule is CC(/C=C/c1ccccc1)=N/NC(=O)CNc1ccc(Br)cc1Br. The first-order valence-corrected chi connectivity index (χ1v) is 8.88. The summed E-state index contributed by atoms with van der Waals surface area (Å²) in [6.07, 6.45) is 3.80. The van der Waals surface area contributed by atoms with Crippen molar-refractivity contribution in [3.63, 3.8) is 0 Å². The van der Waals surface area contributed by atoms with Crippen molar-refractivity contribution < 1.29 is 4.79 Å². The Balaban J connectivity index is 1.82. The number of amides is 1. The lowest BCUT2D eigenvalue weighted by Gasteiger charge is -2.08. The van der Waals surface area contributed by atoms with E-state index in [-0.39, 0.29) is 12.5 Å². The molecule has 0 saturated carbocycles. The second-order valence-corrected chi connectivity index (χ2v) is 6.78. The molecule has 0 heterocycles. The van der Waals surface area contributed by atoms with Crippen molar-refractivity contribution in [2.75, 3.05) is 11.9 Å². The zero-order chi connectivity index (χ0) is 17.4. The van der Waals surface area contributed by atoms with Crippen LogP contribution in [0.2, 0.25) is 0 Å². The molecular weight excluding hydrogens is 434 g/mol. The second kappa shape index (κ2) is 9.39. The van der Waals surface area contributed by atoms with Gasteiger partial charge in [-0.25, -0.2) is 5.43 Å². The average Bonchev–Trinajstić information content (AvgIpc) is 2.58. The van der Waals surface area contributed by atoms with Crippen molar-refractivity contribution in [2.24, 2.45) is 5.10 Å². The van der Waals surface area contributed by atoms with Crippen LogP contribution in [0.4, 0.5) is 5.69 Å². The number of hydrazone groups is 1. The highest BCUT2D eigenvalue weighted by Gasteiger charge is 2.03. The van der Waals surface area contributed by atoms with E-state index in [1.807, 2.05) is 67.6 Å². The standard InChI is InChI=1S/C18H17Br2N3O/c1-13(7-8-14-5-3-2-4-6-14)22-23-18(24)12-21-17-10-9-15(19)11-16(17)20/h2-11,21H,12H2,1H3,(H,23,24)/b8-7+,22-13-. The Bertz CT molecular complexity index is 758. The van der Waals surface area contributed by atoms with Crippen molar-refractivity contribution in [1.29, 1.82) is 0 Å². The van der Waals surface area contributed by atoms with E-state index < -0.39 is 0 Å². The quantitative estimate of drug-likeness (QED) is 0.489. The van der Waals surface area contributed by atoms with Crippen LogP contribution in [-0.2, 0) is 4.79 Å². The van der Waals surface area contributed by atoms with E-state index in [0.29, 0.717) is 0 Å². The molecule has 2 N–H and O–H groups in total. The van der Waals surface area contributed by atoms with E-state index in [0.717, 1.165) is 25.9 Å². The van der Waals surface area contributed by atoms with Crippen molar-refractivity contribution in [3.8, 4) is 0 Å². The molecular formula is C18H17Br2N3O. The molecule has 1 amide bonds. The Hall–Kier alpha value is -1.92.